The van der Waals surface area contributed by atoms with Crippen LogP contribution < -0.4 is 5.32 Å². The number of halogens is 2. The van der Waals surface area contributed by atoms with Gasteiger partial charge >= 0.3 is 0 Å². The maximum absolute atomic E-state index is 8.80. The number of hydrogen-bond donors (Lipinski definition) is 2. The molecule has 0 spiro atoms. The fourth-order valence-electron chi connectivity index (χ4n) is 1.40. The first-order valence-electron chi connectivity index (χ1n) is 4.84. The van der Waals surface area contributed by atoms with E-state index in [-0.39, 0.29) is 12.6 Å². The molecule has 1 aromatic rings. The molecule has 17 heavy (non-hydrogen) atoms. The highest BCUT2D eigenvalue weighted by Gasteiger charge is 2.15. The van der Waals surface area contributed by atoms with Gasteiger partial charge in [-0.3, -0.25) is 5.32 Å². The molecule has 1 unspecified atom stereocenters. The van der Waals surface area contributed by atoms with Crippen LogP contribution in [0.2, 0.25) is 10.0 Å². The van der Waals surface area contributed by atoms with Gasteiger partial charge in [-0.15, -0.1) is 0 Å². The molecule has 6 heteroatoms. The van der Waals surface area contributed by atoms with Crippen molar-refractivity contribution in [2.45, 2.75) is 13.0 Å². The Morgan fingerprint density at radius 3 is 2.76 bits per heavy atom. The molecule has 0 fully saturated rings. The van der Waals surface area contributed by atoms with Gasteiger partial charge in [0.15, 0.2) is 0 Å². The lowest BCUT2D eigenvalue weighted by molar-refractivity contribution is 0.315. The van der Waals surface area contributed by atoms with Gasteiger partial charge in [0.2, 0.25) is 0 Å². The summed E-state index contributed by atoms with van der Waals surface area (Å²) >= 11 is 11.7. The number of nitriles is 1. The SMILES string of the molecule is CC(=NO)C(NCC#N)c1ccc(Cl)c(Cl)c1. The third-order valence-corrected chi connectivity index (χ3v) is 2.98. The zero-order valence-corrected chi connectivity index (χ0v) is 10.6. The summed E-state index contributed by atoms with van der Waals surface area (Å²) in [6.45, 7) is 1.79. The first-order chi connectivity index (χ1) is 8.10. The molecule has 1 atom stereocenters. The molecule has 4 nitrogen and oxygen atoms in total. The van der Waals surface area contributed by atoms with Crippen molar-refractivity contribution in [3.8, 4) is 6.07 Å². The highest BCUT2D eigenvalue weighted by atomic mass is 35.5. The van der Waals surface area contributed by atoms with Crippen LogP contribution in [0.15, 0.2) is 23.4 Å². The highest BCUT2D eigenvalue weighted by molar-refractivity contribution is 6.42. The van der Waals surface area contributed by atoms with Gasteiger partial charge in [-0.25, -0.2) is 0 Å². The Balaban J connectivity index is 3.04. The minimum absolute atomic E-state index is 0.137. The summed E-state index contributed by atoms with van der Waals surface area (Å²) in [5.74, 6) is 0. The van der Waals surface area contributed by atoms with Crippen molar-refractivity contribution in [1.29, 1.82) is 5.26 Å². The Morgan fingerprint density at radius 2 is 2.24 bits per heavy atom. The lowest BCUT2D eigenvalue weighted by atomic mass is 10.0. The number of nitrogens with zero attached hydrogens (tertiary/aromatic N) is 2. The molecule has 1 aromatic carbocycles. The summed E-state index contributed by atoms with van der Waals surface area (Å²) in [7, 11) is 0. The molecule has 90 valence electrons. The van der Waals surface area contributed by atoms with Gasteiger partial charge in [0, 0.05) is 0 Å². The minimum Gasteiger partial charge on any atom is -0.411 e. The molecule has 0 amide bonds. The van der Waals surface area contributed by atoms with E-state index in [2.05, 4.69) is 10.5 Å². The maximum Gasteiger partial charge on any atom is 0.0848 e. The van der Waals surface area contributed by atoms with Gasteiger partial charge in [-0.2, -0.15) is 5.26 Å². The number of rotatable bonds is 4. The molecule has 0 radical (unpaired) electrons. The molecule has 1 rings (SSSR count). The second-order valence-electron chi connectivity index (χ2n) is 3.39. The predicted octanol–water partition coefficient (Wildman–Crippen LogP) is 3.00. The smallest absolute Gasteiger partial charge is 0.0848 e. The van der Waals surface area contributed by atoms with Gasteiger partial charge in [0.25, 0.3) is 0 Å². The van der Waals surface area contributed by atoms with Crippen LogP contribution in [-0.4, -0.2) is 17.5 Å². The van der Waals surface area contributed by atoms with Gasteiger partial charge < -0.3 is 5.21 Å². The van der Waals surface area contributed by atoms with Crippen molar-refractivity contribution >= 4 is 28.9 Å². The third kappa shape index (κ3) is 3.60. The Kier molecular flexibility index (Phi) is 5.23. The number of hydrogen-bond acceptors (Lipinski definition) is 4. The van der Waals surface area contributed by atoms with Gasteiger partial charge in [-0.05, 0) is 24.6 Å². The van der Waals surface area contributed by atoms with E-state index >= 15 is 0 Å². The van der Waals surface area contributed by atoms with Gasteiger partial charge in [0.1, 0.15) is 0 Å². The van der Waals surface area contributed by atoms with Crippen LogP contribution in [0.1, 0.15) is 18.5 Å². The molecule has 0 heterocycles. The summed E-state index contributed by atoms with van der Waals surface area (Å²) in [4.78, 5) is 0. The standard InChI is InChI=1S/C11H11Cl2N3O/c1-7(16-17)11(15-5-4-14)8-2-3-9(12)10(13)6-8/h2-3,6,11,15,17H,5H2,1H3. The lowest BCUT2D eigenvalue weighted by Crippen LogP contribution is -2.27. The van der Waals surface area contributed by atoms with E-state index in [0.29, 0.717) is 15.8 Å². The molecule has 0 aliphatic rings. The van der Waals surface area contributed by atoms with Crippen LogP contribution in [0.3, 0.4) is 0 Å². The number of oxime groups is 1. The van der Waals surface area contributed by atoms with Gasteiger partial charge in [-0.1, -0.05) is 34.4 Å². The summed E-state index contributed by atoms with van der Waals surface area (Å²) in [6.07, 6.45) is 0. The van der Waals surface area contributed by atoms with Crippen LogP contribution in [-0.2, 0) is 0 Å². The average Bonchev–Trinajstić information content (AvgIpc) is 2.33. The van der Waals surface area contributed by atoms with Crippen LogP contribution in [0, 0.1) is 11.3 Å². The minimum atomic E-state index is -0.366. The van der Waals surface area contributed by atoms with Crippen LogP contribution in [0.25, 0.3) is 0 Å². The van der Waals surface area contributed by atoms with E-state index in [9.17, 15) is 0 Å². The average molecular weight is 272 g/mol. The summed E-state index contributed by atoms with van der Waals surface area (Å²) in [5, 5.41) is 24.3. The molecule has 0 saturated heterocycles. The van der Waals surface area contributed by atoms with E-state index in [1.807, 2.05) is 6.07 Å². The molecule has 0 bridgehead atoms. The quantitative estimate of drug-likeness (QED) is 0.383. The van der Waals surface area contributed by atoms with E-state index in [1.165, 1.54) is 0 Å². The topological polar surface area (TPSA) is 68.4 Å². The lowest BCUT2D eigenvalue weighted by Gasteiger charge is -2.16. The highest BCUT2D eigenvalue weighted by Crippen LogP contribution is 2.26. The fourth-order valence-corrected chi connectivity index (χ4v) is 1.71. The first kappa shape index (κ1) is 13.8. The molecule has 0 aromatic heterocycles. The van der Waals surface area contributed by atoms with Crippen molar-refractivity contribution in [3.05, 3.63) is 33.8 Å². The zero-order chi connectivity index (χ0) is 12.8. The normalized spacial score (nSPS) is 13.2. The molecular weight excluding hydrogens is 261 g/mol. The summed E-state index contributed by atoms with van der Waals surface area (Å²) in [6, 6.07) is 6.69. The van der Waals surface area contributed by atoms with Crippen molar-refractivity contribution < 1.29 is 5.21 Å². The van der Waals surface area contributed by atoms with Crippen LogP contribution >= 0.6 is 23.2 Å². The summed E-state index contributed by atoms with van der Waals surface area (Å²) < 4.78 is 0. The van der Waals surface area contributed by atoms with Crippen molar-refractivity contribution in [1.82, 2.24) is 5.32 Å². The fraction of sp³-hybridized carbons (Fsp3) is 0.273. The largest absolute Gasteiger partial charge is 0.411 e. The molecule has 2 N–H and O–H groups in total. The van der Waals surface area contributed by atoms with Crippen LogP contribution in [0.4, 0.5) is 0 Å². The zero-order valence-electron chi connectivity index (χ0n) is 9.11. The van der Waals surface area contributed by atoms with Gasteiger partial charge in [0.05, 0.1) is 34.4 Å². The Labute approximate surface area is 109 Å². The van der Waals surface area contributed by atoms with E-state index in [0.717, 1.165) is 5.56 Å². The Hall–Kier alpha value is -1.28. The second kappa shape index (κ2) is 6.45. The van der Waals surface area contributed by atoms with Crippen molar-refractivity contribution in [2.24, 2.45) is 5.16 Å². The predicted molar refractivity (Wildman–Crippen MR) is 67.7 cm³/mol. The molecule has 0 aliphatic carbocycles. The van der Waals surface area contributed by atoms with E-state index in [1.54, 1.807) is 25.1 Å². The maximum atomic E-state index is 8.80. The first-order valence-corrected chi connectivity index (χ1v) is 5.59. The van der Waals surface area contributed by atoms with E-state index in [4.69, 9.17) is 33.7 Å². The van der Waals surface area contributed by atoms with E-state index < -0.39 is 0 Å². The monoisotopic (exact) mass is 271 g/mol. The van der Waals surface area contributed by atoms with Crippen molar-refractivity contribution in [3.63, 3.8) is 0 Å². The molecular formula is C11H11Cl2N3O. The summed E-state index contributed by atoms with van der Waals surface area (Å²) in [5.41, 5.74) is 1.23. The Morgan fingerprint density at radius 1 is 1.53 bits per heavy atom. The molecule has 0 saturated carbocycles. The Bertz CT molecular complexity index is 468. The third-order valence-electron chi connectivity index (χ3n) is 2.24. The molecule has 0 aliphatic heterocycles. The van der Waals surface area contributed by atoms with Crippen LogP contribution in [0.5, 0.6) is 0 Å². The number of nitrogens with one attached hydrogen (secondary N) is 1. The number of benzene rings is 1. The van der Waals surface area contributed by atoms with Crippen molar-refractivity contribution in [2.75, 3.05) is 6.54 Å². The second-order valence-corrected chi connectivity index (χ2v) is 4.20.